The highest BCUT2D eigenvalue weighted by molar-refractivity contribution is 6.31. The first kappa shape index (κ1) is 26.9. The SMILES string of the molecule is CO[C@@]1(c2ccc(Cl)c(Cc3ccc4c(c3)N(Cc3ccccc3)CCO4)c2)O[C@H](CO)[C@@H](O)[C@H](O)[C@H]1O. The molecule has 202 valence electrons. The lowest BCUT2D eigenvalue weighted by molar-refractivity contribution is -0.366. The Morgan fingerprint density at radius 2 is 1.79 bits per heavy atom. The molecule has 0 amide bonds. The number of rotatable bonds is 7. The second-order valence-corrected chi connectivity index (χ2v) is 10.1. The van der Waals surface area contributed by atoms with Gasteiger partial charge >= 0.3 is 0 Å². The number of nitrogens with zero attached hydrogens (tertiary/aromatic N) is 1. The number of methoxy groups -OCH3 is 1. The first-order valence-electron chi connectivity index (χ1n) is 12.6. The predicted molar refractivity (Wildman–Crippen MR) is 142 cm³/mol. The Morgan fingerprint density at radius 1 is 1.00 bits per heavy atom. The molecule has 38 heavy (non-hydrogen) atoms. The van der Waals surface area contributed by atoms with Gasteiger partial charge in [-0.05, 0) is 47.4 Å². The molecule has 2 heterocycles. The maximum Gasteiger partial charge on any atom is 0.224 e. The highest BCUT2D eigenvalue weighted by Crippen LogP contribution is 2.41. The summed E-state index contributed by atoms with van der Waals surface area (Å²) < 4.78 is 17.3. The van der Waals surface area contributed by atoms with E-state index in [1.165, 1.54) is 12.7 Å². The summed E-state index contributed by atoms with van der Waals surface area (Å²) in [6.07, 6.45) is -5.34. The quantitative estimate of drug-likeness (QED) is 0.361. The highest BCUT2D eigenvalue weighted by atomic mass is 35.5. The van der Waals surface area contributed by atoms with Gasteiger partial charge in [0.25, 0.3) is 0 Å². The van der Waals surface area contributed by atoms with Gasteiger partial charge in [-0.1, -0.05) is 54.1 Å². The predicted octanol–water partition coefficient (Wildman–Crippen LogP) is 2.60. The molecular weight excluding hydrogens is 510 g/mol. The molecule has 1 saturated heterocycles. The van der Waals surface area contributed by atoms with E-state index in [1.54, 1.807) is 18.2 Å². The molecule has 0 aromatic heterocycles. The molecule has 0 bridgehead atoms. The van der Waals surface area contributed by atoms with Crippen LogP contribution in [-0.2, 0) is 28.2 Å². The van der Waals surface area contributed by atoms with Crippen LogP contribution in [0.15, 0.2) is 66.7 Å². The number of hydrogen-bond acceptors (Lipinski definition) is 8. The van der Waals surface area contributed by atoms with Gasteiger partial charge in [0.2, 0.25) is 5.79 Å². The summed E-state index contributed by atoms with van der Waals surface area (Å²) >= 11 is 6.59. The number of aliphatic hydroxyl groups is 4. The minimum Gasteiger partial charge on any atom is -0.490 e. The van der Waals surface area contributed by atoms with Crippen LogP contribution in [0, 0.1) is 0 Å². The first-order chi connectivity index (χ1) is 18.4. The van der Waals surface area contributed by atoms with Gasteiger partial charge < -0.3 is 39.5 Å². The Balaban J connectivity index is 1.45. The van der Waals surface area contributed by atoms with Crippen LogP contribution in [0.3, 0.4) is 0 Å². The summed E-state index contributed by atoms with van der Waals surface area (Å²) in [5.41, 5.74) is 4.39. The van der Waals surface area contributed by atoms with Gasteiger partial charge in [0.1, 0.15) is 36.8 Å². The number of anilines is 1. The summed E-state index contributed by atoms with van der Waals surface area (Å²) in [7, 11) is 1.33. The number of ether oxygens (including phenoxy) is 3. The van der Waals surface area contributed by atoms with E-state index in [1.807, 2.05) is 30.3 Å². The van der Waals surface area contributed by atoms with Crippen LogP contribution in [0.25, 0.3) is 0 Å². The van der Waals surface area contributed by atoms with Gasteiger partial charge in [0.15, 0.2) is 0 Å². The van der Waals surface area contributed by atoms with Crippen LogP contribution in [0.5, 0.6) is 5.75 Å². The lowest BCUT2D eigenvalue weighted by Gasteiger charge is -2.47. The Morgan fingerprint density at radius 3 is 2.53 bits per heavy atom. The molecule has 2 aliphatic rings. The maximum absolute atomic E-state index is 10.9. The third-order valence-electron chi connectivity index (χ3n) is 7.30. The molecule has 9 heteroatoms. The second kappa shape index (κ2) is 11.2. The van der Waals surface area contributed by atoms with Gasteiger partial charge in [-0.15, -0.1) is 0 Å². The van der Waals surface area contributed by atoms with Crippen molar-refractivity contribution in [1.82, 2.24) is 0 Å². The van der Waals surface area contributed by atoms with Crippen molar-refractivity contribution < 1.29 is 34.6 Å². The molecule has 4 N–H and O–H groups in total. The van der Waals surface area contributed by atoms with Crippen LogP contribution in [0.4, 0.5) is 5.69 Å². The van der Waals surface area contributed by atoms with E-state index in [-0.39, 0.29) is 0 Å². The lowest BCUT2D eigenvalue weighted by atomic mass is 9.87. The number of aliphatic hydroxyl groups excluding tert-OH is 4. The van der Waals surface area contributed by atoms with Gasteiger partial charge in [-0.3, -0.25) is 0 Å². The van der Waals surface area contributed by atoms with Gasteiger partial charge in [0, 0.05) is 24.2 Å². The molecule has 5 rings (SSSR count). The van der Waals surface area contributed by atoms with Crippen LogP contribution in [0.2, 0.25) is 5.02 Å². The van der Waals surface area contributed by atoms with E-state index in [0.29, 0.717) is 23.6 Å². The van der Waals surface area contributed by atoms with Crippen LogP contribution in [-0.4, -0.2) is 71.7 Å². The Kier molecular flexibility index (Phi) is 7.93. The van der Waals surface area contributed by atoms with Gasteiger partial charge in [-0.2, -0.15) is 0 Å². The molecule has 8 nitrogen and oxygen atoms in total. The van der Waals surface area contributed by atoms with Crippen LogP contribution < -0.4 is 9.64 Å². The Hall–Kier alpha value is -2.69. The molecule has 3 aromatic rings. The summed E-state index contributed by atoms with van der Waals surface area (Å²) in [5, 5.41) is 41.7. The molecule has 1 fully saturated rings. The van der Waals surface area contributed by atoms with Gasteiger partial charge in [-0.25, -0.2) is 0 Å². The first-order valence-corrected chi connectivity index (χ1v) is 13.0. The van der Waals surface area contributed by atoms with E-state index >= 15 is 0 Å². The monoisotopic (exact) mass is 541 g/mol. The molecular formula is C29H32ClNO7. The van der Waals surface area contributed by atoms with Crippen molar-refractivity contribution in [3.05, 3.63) is 94.0 Å². The van der Waals surface area contributed by atoms with Crippen molar-refractivity contribution >= 4 is 17.3 Å². The number of benzene rings is 3. The number of halogens is 1. The average molecular weight is 542 g/mol. The van der Waals surface area contributed by atoms with E-state index in [2.05, 4.69) is 23.1 Å². The molecule has 0 spiro atoms. The fourth-order valence-corrected chi connectivity index (χ4v) is 5.39. The largest absolute Gasteiger partial charge is 0.490 e. The highest BCUT2D eigenvalue weighted by Gasteiger charge is 2.55. The molecule has 2 aliphatic heterocycles. The van der Waals surface area contributed by atoms with Gasteiger partial charge in [0.05, 0.1) is 18.8 Å². The summed E-state index contributed by atoms with van der Waals surface area (Å²) in [5.74, 6) is -0.975. The molecule has 0 radical (unpaired) electrons. The zero-order valence-electron chi connectivity index (χ0n) is 21.0. The van der Waals surface area contributed by atoms with Crippen LogP contribution in [0.1, 0.15) is 22.3 Å². The van der Waals surface area contributed by atoms with Crippen molar-refractivity contribution in [2.45, 2.75) is 43.2 Å². The van der Waals surface area contributed by atoms with E-state index in [9.17, 15) is 20.4 Å². The fourth-order valence-electron chi connectivity index (χ4n) is 5.21. The molecule has 0 aliphatic carbocycles. The van der Waals surface area contributed by atoms with Crippen molar-refractivity contribution in [1.29, 1.82) is 0 Å². The van der Waals surface area contributed by atoms with Crippen molar-refractivity contribution in [2.24, 2.45) is 0 Å². The third kappa shape index (κ3) is 5.01. The Labute approximate surface area is 226 Å². The summed E-state index contributed by atoms with van der Waals surface area (Å²) in [6, 6.07) is 21.4. The number of fused-ring (bicyclic) bond motifs is 1. The number of hydrogen-bond donors (Lipinski definition) is 4. The zero-order chi connectivity index (χ0) is 26.9. The van der Waals surface area contributed by atoms with Crippen molar-refractivity contribution in [3.63, 3.8) is 0 Å². The van der Waals surface area contributed by atoms with E-state index < -0.39 is 36.8 Å². The summed E-state index contributed by atoms with van der Waals surface area (Å²) in [4.78, 5) is 2.30. The van der Waals surface area contributed by atoms with Crippen LogP contribution >= 0.6 is 11.6 Å². The third-order valence-corrected chi connectivity index (χ3v) is 7.66. The zero-order valence-corrected chi connectivity index (χ0v) is 21.8. The summed E-state index contributed by atoms with van der Waals surface area (Å²) in [6.45, 7) is 1.59. The van der Waals surface area contributed by atoms with Crippen molar-refractivity contribution in [2.75, 3.05) is 31.8 Å². The topological polar surface area (TPSA) is 112 Å². The minimum atomic E-state index is -1.80. The van der Waals surface area contributed by atoms with E-state index in [0.717, 1.165) is 35.7 Å². The standard InChI is InChI=1S/C29H32ClNO7/c1-36-29(28(35)27(34)26(33)25(17-32)38-29)21-8-9-22(30)20(15-21)13-19-7-10-24-23(14-19)31(11-12-37-24)16-18-5-3-2-4-6-18/h2-10,14-15,25-28,32-35H,11-13,16-17H2,1H3/t25-,26-,27+,28-,29+/m1/s1. The smallest absolute Gasteiger partial charge is 0.224 e. The van der Waals surface area contributed by atoms with Crippen molar-refractivity contribution in [3.8, 4) is 5.75 Å². The average Bonchev–Trinajstić information content (AvgIpc) is 2.94. The molecule has 0 unspecified atom stereocenters. The van der Waals surface area contributed by atoms with E-state index in [4.69, 9.17) is 25.8 Å². The lowest BCUT2D eigenvalue weighted by Crippen LogP contribution is -2.64. The fraction of sp³-hybridized carbons (Fsp3) is 0.379. The second-order valence-electron chi connectivity index (χ2n) is 9.68. The molecule has 3 aromatic carbocycles. The molecule has 0 saturated carbocycles. The maximum atomic E-state index is 10.9. The molecule has 5 atom stereocenters. The Bertz CT molecular complexity index is 1260. The normalized spacial score (nSPS) is 27.1. The minimum absolute atomic E-state index is 0.406.